The number of nitrogens with zero attached hydrogens (tertiary/aromatic N) is 2. The zero-order valence-corrected chi connectivity index (χ0v) is 16.0. The molecule has 1 aromatic carbocycles. The number of hydrogen-bond donors (Lipinski definition) is 1. The van der Waals surface area contributed by atoms with Gasteiger partial charge in [0.2, 0.25) is 0 Å². The number of likely N-dealkylation sites (tertiary alicyclic amines) is 1. The molecule has 1 aliphatic rings. The summed E-state index contributed by atoms with van der Waals surface area (Å²) in [5.41, 5.74) is 1.10. The minimum Gasteiger partial charge on any atom is -0.507 e. The van der Waals surface area contributed by atoms with Gasteiger partial charge in [-0.15, -0.1) is 0 Å². The highest BCUT2D eigenvalue weighted by Gasteiger charge is 2.46. The highest BCUT2D eigenvalue weighted by molar-refractivity contribution is 6.46. The van der Waals surface area contributed by atoms with Crippen molar-refractivity contribution in [1.82, 2.24) is 9.88 Å². The third-order valence-electron chi connectivity index (χ3n) is 4.55. The number of Topliss-reactive ketones (excluding diaryl/α,β-unsaturated/α-hetero) is 1. The fraction of sp³-hybridized carbons (Fsp3) is 0.318. The Bertz CT molecular complexity index is 863. The van der Waals surface area contributed by atoms with Crippen molar-refractivity contribution in [3.8, 4) is 0 Å². The Balaban J connectivity index is 1.99. The lowest BCUT2D eigenvalue weighted by Crippen LogP contribution is -2.31. The van der Waals surface area contributed by atoms with Crippen LogP contribution in [-0.4, -0.2) is 45.9 Å². The Kier molecular flexibility index (Phi) is 6.21. The summed E-state index contributed by atoms with van der Waals surface area (Å²) in [7, 11) is 0. The van der Waals surface area contributed by atoms with Crippen LogP contribution in [0.2, 0.25) is 0 Å². The minimum atomic E-state index is -0.722. The molecule has 28 heavy (non-hydrogen) atoms. The number of ketones is 1. The van der Waals surface area contributed by atoms with E-state index in [2.05, 4.69) is 4.98 Å². The molecule has 2 aromatic rings. The molecule has 1 atom stereocenters. The molecule has 6 heteroatoms. The Morgan fingerprint density at radius 1 is 1.14 bits per heavy atom. The van der Waals surface area contributed by atoms with E-state index < -0.39 is 17.7 Å². The molecule has 6 nitrogen and oxygen atoms in total. The van der Waals surface area contributed by atoms with E-state index in [1.165, 1.54) is 4.90 Å². The lowest BCUT2D eigenvalue weighted by Gasteiger charge is -2.24. The Hall–Kier alpha value is -2.99. The fourth-order valence-corrected chi connectivity index (χ4v) is 3.26. The Morgan fingerprint density at radius 3 is 2.50 bits per heavy atom. The molecular weight excluding hydrogens is 356 g/mol. The number of rotatable bonds is 7. The summed E-state index contributed by atoms with van der Waals surface area (Å²) < 4.78 is 5.55. The van der Waals surface area contributed by atoms with E-state index in [0.29, 0.717) is 30.8 Å². The maximum absolute atomic E-state index is 12.8. The molecule has 0 spiro atoms. The molecule has 0 saturated carbocycles. The van der Waals surface area contributed by atoms with Gasteiger partial charge in [0.25, 0.3) is 11.7 Å². The van der Waals surface area contributed by atoms with Crippen LogP contribution >= 0.6 is 0 Å². The number of carbonyl (C=O) groups excluding carboxylic acids is 2. The number of aliphatic hydroxyl groups is 1. The lowest BCUT2D eigenvalue weighted by atomic mass is 9.98. The van der Waals surface area contributed by atoms with Crippen LogP contribution in [0.15, 0.2) is 60.3 Å². The number of amides is 1. The van der Waals surface area contributed by atoms with E-state index in [1.54, 1.807) is 48.7 Å². The summed E-state index contributed by atoms with van der Waals surface area (Å²) in [6.45, 7) is 4.71. The van der Waals surface area contributed by atoms with E-state index in [9.17, 15) is 14.7 Å². The summed E-state index contributed by atoms with van der Waals surface area (Å²) in [4.78, 5) is 31.3. The number of ether oxygens (including phenoxy) is 1. The highest BCUT2D eigenvalue weighted by Crippen LogP contribution is 2.38. The van der Waals surface area contributed by atoms with Gasteiger partial charge in [-0.25, -0.2) is 0 Å². The predicted octanol–water partition coefficient (Wildman–Crippen LogP) is 3.32. The molecule has 3 rings (SSSR count). The second-order valence-corrected chi connectivity index (χ2v) is 6.89. The van der Waals surface area contributed by atoms with Gasteiger partial charge in [0.15, 0.2) is 0 Å². The minimum absolute atomic E-state index is 0.0691. The first-order valence-corrected chi connectivity index (χ1v) is 9.37. The third-order valence-corrected chi connectivity index (χ3v) is 4.55. The van der Waals surface area contributed by atoms with Crippen LogP contribution in [-0.2, 0) is 14.3 Å². The average Bonchev–Trinajstić information content (AvgIpc) is 2.96. The number of aromatic nitrogens is 1. The van der Waals surface area contributed by atoms with Gasteiger partial charge in [-0.3, -0.25) is 14.6 Å². The van der Waals surface area contributed by atoms with Crippen LogP contribution in [0.1, 0.15) is 37.6 Å². The van der Waals surface area contributed by atoms with Gasteiger partial charge in [0, 0.05) is 24.9 Å². The van der Waals surface area contributed by atoms with Crippen molar-refractivity contribution in [2.75, 3.05) is 13.2 Å². The number of benzene rings is 1. The SMILES string of the molecule is CC(C)OCCCN1C(=O)C(=O)C(=C(O)c2ccccc2)[C@@H]1c1ccccn1. The second-order valence-electron chi connectivity index (χ2n) is 6.89. The topological polar surface area (TPSA) is 79.7 Å². The largest absolute Gasteiger partial charge is 0.507 e. The van der Waals surface area contributed by atoms with Crippen LogP contribution in [0.3, 0.4) is 0 Å². The molecule has 0 bridgehead atoms. The van der Waals surface area contributed by atoms with Crippen molar-refractivity contribution in [3.63, 3.8) is 0 Å². The van der Waals surface area contributed by atoms with Gasteiger partial charge in [0.1, 0.15) is 11.8 Å². The van der Waals surface area contributed by atoms with Crippen LogP contribution in [0.25, 0.3) is 5.76 Å². The lowest BCUT2D eigenvalue weighted by molar-refractivity contribution is -0.140. The van der Waals surface area contributed by atoms with E-state index in [1.807, 2.05) is 19.9 Å². The first-order valence-electron chi connectivity index (χ1n) is 9.37. The predicted molar refractivity (Wildman–Crippen MR) is 105 cm³/mol. The zero-order chi connectivity index (χ0) is 20.1. The molecule has 1 N–H and O–H groups in total. The maximum Gasteiger partial charge on any atom is 0.295 e. The standard InChI is InChI=1S/C22H24N2O4/c1-15(2)28-14-8-13-24-19(17-11-6-7-12-23-17)18(21(26)22(24)27)20(25)16-9-4-3-5-10-16/h3-7,9-12,15,19,25H,8,13-14H2,1-2H3/t19-/m0/s1. The van der Waals surface area contributed by atoms with Crippen molar-refractivity contribution < 1.29 is 19.4 Å². The third kappa shape index (κ3) is 4.12. The molecule has 0 radical (unpaired) electrons. The quantitative estimate of drug-likeness (QED) is 0.345. The maximum atomic E-state index is 12.8. The Morgan fingerprint density at radius 2 is 1.86 bits per heavy atom. The van der Waals surface area contributed by atoms with E-state index in [0.717, 1.165) is 0 Å². The van der Waals surface area contributed by atoms with Gasteiger partial charge in [0.05, 0.1) is 17.4 Å². The van der Waals surface area contributed by atoms with Crippen LogP contribution in [0, 0.1) is 0 Å². The van der Waals surface area contributed by atoms with Crippen LogP contribution < -0.4 is 0 Å². The average molecular weight is 380 g/mol. The van der Waals surface area contributed by atoms with Crippen molar-refractivity contribution in [1.29, 1.82) is 0 Å². The molecule has 0 unspecified atom stereocenters. The molecule has 0 aliphatic carbocycles. The zero-order valence-electron chi connectivity index (χ0n) is 16.0. The molecule has 1 aliphatic heterocycles. The molecule has 1 fully saturated rings. The molecule has 146 valence electrons. The fourth-order valence-electron chi connectivity index (χ4n) is 3.26. The molecule has 1 saturated heterocycles. The molecular formula is C22H24N2O4. The van der Waals surface area contributed by atoms with E-state index in [4.69, 9.17) is 4.74 Å². The van der Waals surface area contributed by atoms with Crippen molar-refractivity contribution in [2.45, 2.75) is 32.4 Å². The van der Waals surface area contributed by atoms with Gasteiger partial charge in [-0.1, -0.05) is 36.4 Å². The van der Waals surface area contributed by atoms with E-state index in [-0.39, 0.29) is 17.4 Å². The molecule has 1 amide bonds. The normalized spacial score (nSPS) is 18.8. The van der Waals surface area contributed by atoms with Crippen LogP contribution in [0.4, 0.5) is 0 Å². The number of hydrogen-bond acceptors (Lipinski definition) is 5. The molecule has 1 aromatic heterocycles. The molecule has 2 heterocycles. The first kappa shape index (κ1) is 19.8. The number of aliphatic hydroxyl groups excluding tert-OH is 1. The van der Waals surface area contributed by atoms with Gasteiger partial charge >= 0.3 is 0 Å². The number of carbonyl (C=O) groups is 2. The van der Waals surface area contributed by atoms with Gasteiger partial charge in [-0.05, 0) is 32.4 Å². The van der Waals surface area contributed by atoms with Crippen LogP contribution in [0.5, 0.6) is 0 Å². The summed E-state index contributed by atoms with van der Waals surface area (Å²) in [5.74, 6) is -1.50. The van der Waals surface area contributed by atoms with Crippen molar-refractivity contribution >= 4 is 17.4 Å². The van der Waals surface area contributed by atoms with Crippen molar-refractivity contribution in [2.24, 2.45) is 0 Å². The van der Waals surface area contributed by atoms with E-state index >= 15 is 0 Å². The van der Waals surface area contributed by atoms with Gasteiger partial charge in [-0.2, -0.15) is 0 Å². The summed E-state index contributed by atoms with van der Waals surface area (Å²) in [6.07, 6.45) is 2.29. The summed E-state index contributed by atoms with van der Waals surface area (Å²) in [6, 6.07) is 13.4. The van der Waals surface area contributed by atoms with Gasteiger partial charge < -0.3 is 14.7 Å². The van der Waals surface area contributed by atoms with Crippen molar-refractivity contribution in [3.05, 3.63) is 71.6 Å². The number of pyridine rings is 1. The summed E-state index contributed by atoms with van der Waals surface area (Å²) in [5, 5.41) is 10.8. The first-order chi connectivity index (χ1) is 13.5. The smallest absolute Gasteiger partial charge is 0.295 e. The second kappa shape index (κ2) is 8.80. The summed E-state index contributed by atoms with van der Waals surface area (Å²) >= 11 is 0. The highest BCUT2D eigenvalue weighted by atomic mass is 16.5. The monoisotopic (exact) mass is 380 g/mol. The Labute approximate surface area is 164 Å².